The van der Waals surface area contributed by atoms with Gasteiger partial charge in [-0.05, 0) is 78.5 Å². The van der Waals surface area contributed by atoms with Gasteiger partial charge in [0.15, 0.2) is 36.7 Å². The molecule has 1 aromatic rings. The van der Waals surface area contributed by atoms with Crippen LogP contribution in [0.2, 0.25) is 0 Å². The van der Waals surface area contributed by atoms with Crippen molar-refractivity contribution in [1.82, 2.24) is 9.80 Å². The van der Waals surface area contributed by atoms with Gasteiger partial charge in [-0.25, -0.2) is 0 Å². The van der Waals surface area contributed by atoms with Crippen molar-refractivity contribution in [2.45, 2.75) is 212 Å². The molecule has 10 unspecified atom stereocenters. The maximum atomic E-state index is 14.1. The summed E-state index contributed by atoms with van der Waals surface area (Å²) in [6.45, 7) is 17.5. The summed E-state index contributed by atoms with van der Waals surface area (Å²) in [6.07, 6.45) is -11.8. The number of nitrogens with zero attached hydrogens (tertiary/aromatic N) is 2. The molecule has 0 aromatic heterocycles. The Morgan fingerprint density at radius 3 is 2.00 bits per heavy atom. The van der Waals surface area contributed by atoms with E-state index >= 15 is 0 Å². The van der Waals surface area contributed by atoms with Gasteiger partial charge >= 0.3 is 35.8 Å². The van der Waals surface area contributed by atoms with E-state index in [1.165, 1.54) is 42.1 Å². The largest absolute Gasteiger partial charge is 0.463 e. The van der Waals surface area contributed by atoms with Gasteiger partial charge < -0.3 is 66.5 Å². The lowest BCUT2D eigenvalue weighted by molar-refractivity contribution is -0.346. The van der Waals surface area contributed by atoms with Crippen LogP contribution in [0, 0.1) is 11.8 Å². The molecule has 3 heterocycles. The molecular weight excluding hydrogens is 993 g/mol. The minimum Gasteiger partial charge on any atom is -0.463 e. The molecule has 3 saturated heterocycles. The van der Waals surface area contributed by atoms with Gasteiger partial charge in [-0.15, -0.1) is 0 Å². The van der Waals surface area contributed by atoms with Gasteiger partial charge in [0.2, 0.25) is 0 Å². The zero-order valence-electron chi connectivity index (χ0n) is 47.6. The van der Waals surface area contributed by atoms with Gasteiger partial charge in [-0.1, -0.05) is 51.1 Å². The van der Waals surface area contributed by atoms with Crippen LogP contribution in [0.4, 0.5) is 0 Å². The summed E-state index contributed by atoms with van der Waals surface area (Å²) >= 11 is 0. The van der Waals surface area contributed by atoms with E-state index in [0.29, 0.717) is 32.5 Å². The van der Waals surface area contributed by atoms with Crippen LogP contribution < -0.4 is 0 Å². The van der Waals surface area contributed by atoms with Crippen molar-refractivity contribution in [2.24, 2.45) is 11.8 Å². The van der Waals surface area contributed by atoms with Crippen molar-refractivity contribution in [3.8, 4) is 0 Å². The molecule has 0 bridgehead atoms. The third kappa shape index (κ3) is 19.0. The Bertz CT molecular complexity index is 1990. The predicted octanol–water partition coefficient (Wildman–Crippen LogP) is 5.33. The number of ether oxygens (including phenoxy) is 13. The van der Waals surface area contributed by atoms with E-state index in [-0.39, 0.29) is 38.0 Å². The average molecular weight is 1080 g/mol. The molecule has 21 heteroatoms. The van der Waals surface area contributed by atoms with E-state index in [9.17, 15) is 28.8 Å². The molecule has 3 aliphatic heterocycles. The molecule has 4 rings (SSSR count). The fraction of sp³-hybridized carbons (Fsp3) is 0.782. The molecule has 0 amide bonds. The summed E-state index contributed by atoms with van der Waals surface area (Å²) in [7, 11) is 7.96. The normalized spacial score (nSPS) is 33.3. The topological polar surface area (TPSA) is 229 Å². The maximum absolute atomic E-state index is 14.1. The molecule has 21 nitrogen and oxygen atoms in total. The first kappa shape index (κ1) is 64.2. The summed E-state index contributed by atoms with van der Waals surface area (Å²) in [4.78, 5) is 82.9. The lowest BCUT2D eigenvalue weighted by Gasteiger charge is -2.51. The zero-order valence-corrected chi connectivity index (χ0v) is 47.6. The number of cyclic esters (lactones) is 1. The van der Waals surface area contributed by atoms with E-state index in [0.717, 1.165) is 5.56 Å². The third-order valence-corrected chi connectivity index (χ3v) is 14.3. The highest BCUT2D eigenvalue weighted by Gasteiger charge is 2.56. The van der Waals surface area contributed by atoms with Crippen LogP contribution in [0.1, 0.15) is 120 Å². The number of esters is 6. The van der Waals surface area contributed by atoms with Crippen LogP contribution in [-0.4, -0.2) is 192 Å². The van der Waals surface area contributed by atoms with E-state index in [4.69, 9.17) is 61.6 Å². The van der Waals surface area contributed by atoms with Crippen LogP contribution in [0.5, 0.6) is 0 Å². The van der Waals surface area contributed by atoms with Gasteiger partial charge in [-0.3, -0.25) is 33.7 Å². The van der Waals surface area contributed by atoms with Crippen molar-refractivity contribution < 1.29 is 90.3 Å². The van der Waals surface area contributed by atoms with E-state index in [2.05, 4.69) is 17.0 Å². The molecule has 0 saturated carbocycles. The maximum Gasteiger partial charge on any atom is 0.309 e. The standard InChI is InChI=1S/C55H88N2O19/c1-16-43(61)72-41-29-45(63)67-33(4)23-25-57(26-24-39-21-19-18-20-22-39)31-42(70-36(7)58)32(3)27-40(28-46(64-13)65-14)50(51(41)66-15)75-54-52(71-37(8)59)48(56(11)12)49(34(5)69-54)74-47-30-55(10,76-38(9)60)53(35(6)68-47)73-44(62)17-2/h18-22,32-35,40-42,46-54H,16-17,23-31H2,1-15H3/t32-,33-,34?,35?,40-,41-,42+,47?,48?,49?,50+,51?,52?,53?,54?,55?/m1/s1. The van der Waals surface area contributed by atoms with Crippen molar-refractivity contribution in [3.05, 3.63) is 35.9 Å². The number of carbonyl (C=O) groups excluding carboxylic acids is 6. The first-order chi connectivity index (χ1) is 35.9. The third-order valence-electron chi connectivity index (χ3n) is 14.3. The SMILES string of the molecule is CCC(=O)OC1C(C)OC(OC2C(C)OC(O[C@@H]3C(OC)[C@H](OC(=O)CC)CC(=O)O[C@H](C)CCN(CCc4ccccc4)C[C@H](OC(C)=O)[C@H](C)C[C@@H]3CC(OC)OC)C(OC(C)=O)C2N(C)C)CC1(C)OC(C)=O. The van der Waals surface area contributed by atoms with Crippen molar-refractivity contribution in [2.75, 3.05) is 55.1 Å². The molecule has 16 atom stereocenters. The number of methoxy groups -OCH3 is 3. The lowest BCUT2D eigenvalue weighted by atomic mass is 9.81. The minimum atomic E-state index is -1.39. The Labute approximate surface area is 449 Å². The molecule has 76 heavy (non-hydrogen) atoms. The highest BCUT2D eigenvalue weighted by molar-refractivity contribution is 5.73. The monoisotopic (exact) mass is 1080 g/mol. The second-order valence-electron chi connectivity index (χ2n) is 20.8. The second kappa shape index (κ2) is 30.7. The van der Waals surface area contributed by atoms with Gasteiger partial charge in [0.25, 0.3) is 0 Å². The summed E-state index contributed by atoms with van der Waals surface area (Å²) in [5.74, 6) is -4.56. The number of rotatable bonds is 20. The van der Waals surface area contributed by atoms with Gasteiger partial charge in [0.05, 0.1) is 30.8 Å². The molecule has 432 valence electrons. The molecule has 1 aromatic carbocycles. The van der Waals surface area contributed by atoms with Crippen LogP contribution >= 0.6 is 0 Å². The van der Waals surface area contributed by atoms with Crippen molar-refractivity contribution in [3.63, 3.8) is 0 Å². The van der Waals surface area contributed by atoms with Crippen molar-refractivity contribution >= 4 is 35.8 Å². The minimum absolute atomic E-state index is 0.0274. The van der Waals surface area contributed by atoms with Gasteiger partial charge in [-0.2, -0.15) is 0 Å². The highest BCUT2D eigenvalue weighted by Crippen LogP contribution is 2.40. The summed E-state index contributed by atoms with van der Waals surface area (Å²) in [6, 6.07) is 9.22. The average Bonchev–Trinajstić information content (AvgIpc) is 3.34. The summed E-state index contributed by atoms with van der Waals surface area (Å²) in [5, 5.41) is 0. The van der Waals surface area contributed by atoms with Crippen molar-refractivity contribution in [1.29, 1.82) is 0 Å². The van der Waals surface area contributed by atoms with E-state index in [1.807, 2.05) is 30.0 Å². The quantitative estimate of drug-likeness (QED) is 0.0913. The molecule has 0 N–H and O–H groups in total. The number of hydrogen-bond donors (Lipinski definition) is 0. The molecule has 0 spiro atoms. The fourth-order valence-corrected chi connectivity index (χ4v) is 10.6. The lowest BCUT2D eigenvalue weighted by Crippen LogP contribution is -2.67. The van der Waals surface area contributed by atoms with Crippen LogP contribution in [-0.2, 0) is 96.8 Å². The first-order valence-corrected chi connectivity index (χ1v) is 26.7. The van der Waals surface area contributed by atoms with E-state index in [1.54, 1.807) is 55.6 Å². The Balaban J connectivity index is 1.87. The number of hydrogen-bond acceptors (Lipinski definition) is 21. The van der Waals surface area contributed by atoms with Gasteiger partial charge in [0.1, 0.15) is 30.5 Å². The molecular formula is C55H88N2O19. The molecule has 0 aliphatic carbocycles. The number of likely N-dealkylation sites (N-methyl/N-ethyl adjacent to an activating group) is 1. The Morgan fingerprint density at radius 1 is 0.776 bits per heavy atom. The van der Waals surface area contributed by atoms with Gasteiger partial charge in [0, 0.05) is 87.4 Å². The Kier molecular flexibility index (Phi) is 26.0. The fourth-order valence-electron chi connectivity index (χ4n) is 10.6. The second-order valence-corrected chi connectivity index (χ2v) is 20.8. The highest BCUT2D eigenvalue weighted by atomic mass is 16.7. The molecule has 3 fully saturated rings. The number of carbonyl (C=O) groups is 6. The van der Waals surface area contributed by atoms with E-state index < -0.39 is 140 Å². The van der Waals surface area contributed by atoms with Crippen LogP contribution in [0.3, 0.4) is 0 Å². The summed E-state index contributed by atoms with van der Waals surface area (Å²) < 4.78 is 81.2. The molecule has 3 aliphatic rings. The summed E-state index contributed by atoms with van der Waals surface area (Å²) in [5.41, 5.74) is -0.235. The molecule has 0 radical (unpaired) electrons. The Morgan fingerprint density at radius 2 is 1.42 bits per heavy atom. The number of benzene rings is 1. The smallest absolute Gasteiger partial charge is 0.309 e. The zero-order chi connectivity index (χ0) is 56.4. The first-order valence-electron chi connectivity index (χ1n) is 26.7. The van der Waals surface area contributed by atoms with Crippen LogP contribution in [0.15, 0.2) is 30.3 Å². The van der Waals surface area contributed by atoms with Crippen LogP contribution in [0.25, 0.3) is 0 Å². The predicted molar refractivity (Wildman–Crippen MR) is 274 cm³/mol. The Hall–Kier alpha value is -4.32.